The fraction of sp³-hybridized carbons (Fsp3) is 0.130. The van der Waals surface area contributed by atoms with E-state index >= 15 is 0 Å². The Bertz CT molecular complexity index is 1530. The highest BCUT2D eigenvalue weighted by Crippen LogP contribution is 2.23. The van der Waals surface area contributed by atoms with Gasteiger partial charge in [0, 0.05) is 11.3 Å². The van der Waals surface area contributed by atoms with Gasteiger partial charge in [-0.2, -0.15) is 13.5 Å². The zero-order chi connectivity index (χ0) is 23.7. The molecule has 9 nitrogen and oxygen atoms in total. The molecule has 5 rings (SSSR count). The van der Waals surface area contributed by atoms with Gasteiger partial charge >= 0.3 is 0 Å². The minimum atomic E-state index is -0.326. The highest BCUT2D eigenvalue weighted by atomic mass is 32.1. The van der Waals surface area contributed by atoms with Crippen LogP contribution in [0.15, 0.2) is 54.6 Å². The van der Waals surface area contributed by atoms with E-state index in [0.29, 0.717) is 23.2 Å². The van der Waals surface area contributed by atoms with Gasteiger partial charge in [0.2, 0.25) is 0 Å². The summed E-state index contributed by atoms with van der Waals surface area (Å²) in [4.78, 5) is 14.2. The Balaban J connectivity index is 1.32. The number of aromatic nitrogens is 5. The van der Waals surface area contributed by atoms with Gasteiger partial charge in [0.05, 0.1) is 24.0 Å². The molecular weight excluding hydrogens is 470 g/mol. The van der Waals surface area contributed by atoms with Crippen LogP contribution in [0.3, 0.4) is 0 Å². The van der Waals surface area contributed by atoms with Crippen LogP contribution in [-0.2, 0) is 0 Å². The Morgan fingerprint density at radius 3 is 2.50 bits per heavy atom. The summed E-state index contributed by atoms with van der Waals surface area (Å²) in [5, 5.41) is 15.1. The lowest BCUT2D eigenvalue weighted by atomic mass is 10.1. The van der Waals surface area contributed by atoms with Crippen LogP contribution in [0.1, 0.15) is 22.8 Å². The molecule has 0 radical (unpaired) electrons. The SMILES string of the molecule is CCOc1ccc(-n2nc3cc(C)c(NC(=S)NC(=O)c4ccc5nsnc5c4)cc3n2)cc1. The molecule has 2 aromatic heterocycles. The number of thiocarbonyl (C=S) groups is 1. The van der Waals surface area contributed by atoms with E-state index in [-0.39, 0.29) is 11.0 Å². The topological polar surface area (TPSA) is 107 Å². The summed E-state index contributed by atoms with van der Waals surface area (Å²) in [6.07, 6.45) is 0. The van der Waals surface area contributed by atoms with Crippen molar-refractivity contribution in [3.63, 3.8) is 0 Å². The van der Waals surface area contributed by atoms with E-state index < -0.39 is 0 Å². The molecule has 0 aliphatic carbocycles. The highest BCUT2D eigenvalue weighted by Gasteiger charge is 2.13. The fourth-order valence-corrected chi connectivity index (χ4v) is 4.13. The van der Waals surface area contributed by atoms with E-state index in [1.54, 1.807) is 23.0 Å². The van der Waals surface area contributed by atoms with Gasteiger partial charge < -0.3 is 10.1 Å². The Morgan fingerprint density at radius 1 is 1.00 bits per heavy atom. The van der Waals surface area contributed by atoms with Gasteiger partial charge in [-0.15, -0.1) is 10.2 Å². The first-order valence-corrected chi connectivity index (χ1v) is 11.6. The molecular formula is C23H19N7O2S2. The quantitative estimate of drug-likeness (QED) is 0.353. The summed E-state index contributed by atoms with van der Waals surface area (Å²) in [5.41, 5.74) is 5.79. The van der Waals surface area contributed by atoms with Crippen LogP contribution in [0.2, 0.25) is 0 Å². The molecule has 0 aliphatic heterocycles. The molecule has 11 heteroatoms. The maximum Gasteiger partial charge on any atom is 0.257 e. The van der Waals surface area contributed by atoms with Crippen molar-refractivity contribution in [2.75, 3.05) is 11.9 Å². The van der Waals surface area contributed by atoms with Crippen molar-refractivity contribution in [2.24, 2.45) is 0 Å². The number of benzene rings is 3. The molecule has 0 fully saturated rings. The number of hydrogen-bond acceptors (Lipinski definition) is 8. The Hall–Kier alpha value is -3.96. The molecule has 2 heterocycles. The second-order valence-electron chi connectivity index (χ2n) is 7.45. The number of anilines is 1. The smallest absolute Gasteiger partial charge is 0.257 e. The lowest BCUT2D eigenvalue weighted by Crippen LogP contribution is -2.34. The van der Waals surface area contributed by atoms with E-state index in [9.17, 15) is 4.79 Å². The predicted molar refractivity (Wildman–Crippen MR) is 136 cm³/mol. The second kappa shape index (κ2) is 9.12. The predicted octanol–water partition coefficient (Wildman–Crippen LogP) is 4.26. The molecule has 5 aromatic rings. The van der Waals surface area contributed by atoms with Crippen LogP contribution in [-0.4, -0.2) is 41.4 Å². The van der Waals surface area contributed by atoms with E-state index in [4.69, 9.17) is 17.0 Å². The number of carbonyl (C=O) groups is 1. The number of nitrogens with zero attached hydrogens (tertiary/aromatic N) is 5. The van der Waals surface area contributed by atoms with Gasteiger partial charge in [-0.1, -0.05) is 0 Å². The third kappa shape index (κ3) is 4.43. The second-order valence-corrected chi connectivity index (χ2v) is 8.38. The number of ether oxygens (including phenoxy) is 1. The first-order chi connectivity index (χ1) is 16.5. The van der Waals surface area contributed by atoms with Gasteiger partial charge in [0.25, 0.3) is 5.91 Å². The van der Waals surface area contributed by atoms with Crippen LogP contribution >= 0.6 is 23.9 Å². The summed E-state index contributed by atoms with van der Waals surface area (Å²) in [6, 6.07) is 16.5. The Kier molecular flexibility index (Phi) is 5.86. The maximum absolute atomic E-state index is 12.6. The number of fused-ring (bicyclic) bond motifs is 2. The average molecular weight is 490 g/mol. The van der Waals surface area contributed by atoms with Crippen molar-refractivity contribution < 1.29 is 9.53 Å². The zero-order valence-corrected chi connectivity index (χ0v) is 19.9. The van der Waals surface area contributed by atoms with Crippen LogP contribution in [0.5, 0.6) is 5.75 Å². The molecule has 1 amide bonds. The van der Waals surface area contributed by atoms with Crippen molar-refractivity contribution >= 4 is 62.7 Å². The first kappa shape index (κ1) is 21.9. The van der Waals surface area contributed by atoms with Crippen LogP contribution in [0, 0.1) is 6.92 Å². The molecule has 34 heavy (non-hydrogen) atoms. The first-order valence-electron chi connectivity index (χ1n) is 10.5. The summed E-state index contributed by atoms with van der Waals surface area (Å²) in [7, 11) is 0. The Morgan fingerprint density at radius 2 is 1.74 bits per heavy atom. The normalized spacial score (nSPS) is 11.0. The molecule has 3 aromatic carbocycles. The number of hydrogen-bond donors (Lipinski definition) is 2. The minimum Gasteiger partial charge on any atom is -0.494 e. The molecule has 0 spiro atoms. The van der Waals surface area contributed by atoms with Crippen molar-refractivity contribution in [1.29, 1.82) is 0 Å². The van der Waals surface area contributed by atoms with Crippen molar-refractivity contribution in [3.05, 3.63) is 65.7 Å². The highest BCUT2D eigenvalue weighted by molar-refractivity contribution is 7.80. The summed E-state index contributed by atoms with van der Waals surface area (Å²) in [5.74, 6) is 0.469. The van der Waals surface area contributed by atoms with Crippen LogP contribution in [0.25, 0.3) is 27.8 Å². The Labute approximate surface area is 204 Å². The number of nitrogens with one attached hydrogen (secondary N) is 2. The molecule has 0 saturated carbocycles. The van der Waals surface area contributed by atoms with E-state index in [1.807, 2.05) is 50.2 Å². The standard InChI is InChI=1S/C23H19N7O2S2/c1-3-32-16-7-5-15(6-8-16)30-26-19-10-13(2)18(12-20(19)27-30)24-23(33)25-22(31)14-4-9-17-21(11-14)29-34-28-17/h4-12H,3H2,1-2H3,(H2,24,25,31,33). The van der Waals surface area contributed by atoms with E-state index in [1.165, 1.54) is 0 Å². The lowest BCUT2D eigenvalue weighted by molar-refractivity contribution is 0.0978. The van der Waals surface area contributed by atoms with Crippen molar-refractivity contribution in [3.8, 4) is 11.4 Å². The largest absolute Gasteiger partial charge is 0.494 e. The van der Waals surface area contributed by atoms with Crippen molar-refractivity contribution in [2.45, 2.75) is 13.8 Å². The molecule has 0 bridgehead atoms. The van der Waals surface area contributed by atoms with Crippen LogP contribution < -0.4 is 15.4 Å². The third-order valence-corrected chi connectivity index (χ3v) is 5.86. The lowest BCUT2D eigenvalue weighted by Gasteiger charge is -2.11. The van der Waals surface area contributed by atoms with Gasteiger partial charge in [-0.3, -0.25) is 10.1 Å². The number of amides is 1. The number of rotatable bonds is 5. The van der Waals surface area contributed by atoms with Crippen LogP contribution in [0.4, 0.5) is 5.69 Å². The molecule has 0 saturated heterocycles. The maximum atomic E-state index is 12.6. The number of carbonyl (C=O) groups excluding carboxylic acids is 1. The van der Waals surface area contributed by atoms with Gasteiger partial charge in [-0.05, 0) is 86.2 Å². The van der Waals surface area contributed by atoms with Gasteiger partial charge in [0.1, 0.15) is 27.8 Å². The molecule has 0 unspecified atom stereocenters. The molecule has 170 valence electrons. The molecule has 0 atom stereocenters. The summed E-state index contributed by atoms with van der Waals surface area (Å²) >= 11 is 6.47. The van der Waals surface area contributed by atoms with E-state index in [2.05, 4.69) is 29.6 Å². The molecule has 2 N–H and O–H groups in total. The minimum absolute atomic E-state index is 0.183. The summed E-state index contributed by atoms with van der Waals surface area (Å²) in [6.45, 7) is 4.49. The van der Waals surface area contributed by atoms with Crippen molar-refractivity contribution in [1.82, 2.24) is 29.1 Å². The van der Waals surface area contributed by atoms with Gasteiger partial charge in [0.15, 0.2) is 5.11 Å². The molecule has 0 aliphatic rings. The average Bonchev–Trinajstić information content (AvgIpc) is 3.46. The van der Waals surface area contributed by atoms with E-state index in [0.717, 1.165) is 45.4 Å². The number of aryl methyl sites for hydroxylation is 1. The third-order valence-electron chi connectivity index (χ3n) is 5.10. The monoisotopic (exact) mass is 489 g/mol. The summed E-state index contributed by atoms with van der Waals surface area (Å²) < 4.78 is 13.8. The fourth-order valence-electron chi connectivity index (χ4n) is 3.41. The van der Waals surface area contributed by atoms with Gasteiger partial charge in [-0.25, -0.2) is 0 Å². The zero-order valence-electron chi connectivity index (χ0n) is 18.3.